The predicted octanol–water partition coefficient (Wildman–Crippen LogP) is 1.42. The summed E-state index contributed by atoms with van der Waals surface area (Å²) in [7, 11) is 1.81. The molecule has 0 radical (unpaired) electrons. The van der Waals surface area contributed by atoms with E-state index in [1.165, 1.54) is 0 Å². The van der Waals surface area contributed by atoms with Crippen LogP contribution in [0.2, 0.25) is 0 Å². The number of carbonyl (C=O) groups is 2. The van der Waals surface area contributed by atoms with Crippen LogP contribution in [0.5, 0.6) is 0 Å². The average Bonchev–Trinajstić information content (AvgIpc) is 3.25. The van der Waals surface area contributed by atoms with Gasteiger partial charge in [-0.3, -0.25) is 14.3 Å². The van der Waals surface area contributed by atoms with Gasteiger partial charge in [0.15, 0.2) is 5.82 Å². The van der Waals surface area contributed by atoms with Crippen molar-refractivity contribution in [3.8, 4) is 5.82 Å². The molecule has 4 bridgehead atoms. The Kier molecular flexibility index (Phi) is 3.86. The van der Waals surface area contributed by atoms with Gasteiger partial charge >= 0.3 is 0 Å². The molecule has 6 rings (SSSR count). The molecular weight excluding hydrogens is 356 g/mol. The smallest absolute Gasteiger partial charge is 0.256 e. The van der Waals surface area contributed by atoms with Crippen LogP contribution < -0.4 is 10.6 Å². The molecule has 8 nitrogen and oxygen atoms in total. The normalized spacial score (nSPS) is 33.1. The van der Waals surface area contributed by atoms with E-state index in [1.54, 1.807) is 28.7 Å². The molecule has 0 spiro atoms. The Morgan fingerprint density at radius 3 is 2.57 bits per heavy atom. The van der Waals surface area contributed by atoms with E-state index in [1.807, 2.05) is 19.3 Å². The van der Waals surface area contributed by atoms with Gasteiger partial charge in [0.05, 0.1) is 6.20 Å². The maximum atomic E-state index is 13.1. The van der Waals surface area contributed by atoms with Crippen molar-refractivity contribution in [3.63, 3.8) is 0 Å². The van der Waals surface area contributed by atoms with Crippen LogP contribution in [0, 0.1) is 17.8 Å². The molecule has 28 heavy (non-hydrogen) atoms. The average molecular weight is 382 g/mol. The molecule has 2 N–H and O–H groups in total. The van der Waals surface area contributed by atoms with Gasteiger partial charge in [0.25, 0.3) is 5.91 Å². The number of amides is 2. The summed E-state index contributed by atoms with van der Waals surface area (Å²) >= 11 is 0. The molecule has 2 heterocycles. The third kappa shape index (κ3) is 2.73. The zero-order valence-corrected chi connectivity index (χ0v) is 16.3. The van der Waals surface area contributed by atoms with E-state index in [9.17, 15) is 9.59 Å². The van der Waals surface area contributed by atoms with Crippen molar-refractivity contribution in [1.82, 2.24) is 30.2 Å². The fourth-order valence-electron chi connectivity index (χ4n) is 6.27. The number of hydrogen-bond acceptors (Lipinski definition) is 4. The van der Waals surface area contributed by atoms with Crippen LogP contribution in [-0.2, 0) is 11.8 Å². The van der Waals surface area contributed by atoms with E-state index >= 15 is 0 Å². The lowest BCUT2D eigenvalue weighted by Crippen LogP contribution is -2.66. The van der Waals surface area contributed by atoms with Gasteiger partial charge in [0.1, 0.15) is 5.56 Å². The van der Waals surface area contributed by atoms with E-state index in [-0.39, 0.29) is 23.4 Å². The first kappa shape index (κ1) is 17.5. The zero-order valence-electron chi connectivity index (χ0n) is 16.3. The highest BCUT2D eigenvalue weighted by Crippen LogP contribution is 2.55. The summed E-state index contributed by atoms with van der Waals surface area (Å²) in [5, 5.41) is 15.1. The first-order valence-electron chi connectivity index (χ1n) is 10.1. The number of rotatable bonds is 4. The summed E-state index contributed by atoms with van der Waals surface area (Å²) < 4.78 is 3.34. The molecular formula is C20H26N6O2. The lowest BCUT2D eigenvalue weighted by Gasteiger charge is -2.60. The zero-order chi connectivity index (χ0) is 19.5. The monoisotopic (exact) mass is 382 g/mol. The molecule has 2 amide bonds. The molecule has 4 aliphatic carbocycles. The van der Waals surface area contributed by atoms with Crippen molar-refractivity contribution >= 4 is 11.8 Å². The molecule has 148 valence electrons. The van der Waals surface area contributed by atoms with Crippen LogP contribution >= 0.6 is 0 Å². The summed E-state index contributed by atoms with van der Waals surface area (Å²) in [6.07, 6.45) is 10.4. The number of nitrogens with zero attached hydrogens (tertiary/aromatic N) is 4. The van der Waals surface area contributed by atoms with Gasteiger partial charge in [-0.2, -0.15) is 10.2 Å². The van der Waals surface area contributed by atoms with Gasteiger partial charge in [-0.1, -0.05) is 0 Å². The Morgan fingerprint density at radius 1 is 1.18 bits per heavy atom. The first-order valence-corrected chi connectivity index (χ1v) is 10.1. The lowest BCUT2D eigenvalue weighted by molar-refractivity contribution is -0.125. The summed E-state index contributed by atoms with van der Waals surface area (Å²) in [5.41, 5.74) is 0.481. The summed E-state index contributed by atoms with van der Waals surface area (Å²) in [6.45, 7) is 1.61. The highest BCUT2D eigenvalue weighted by molar-refractivity contribution is 5.97. The number of carbonyl (C=O) groups excluding carboxylic acids is 2. The van der Waals surface area contributed by atoms with E-state index in [2.05, 4.69) is 20.8 Å². The third-order valence-corrected chi connectivity index (χ3v) is 6.89. The Hall–Kier alpha value is -2.64. The molecule has 5 atom stereocenters. The fraction of sp³-hybridized carbons (Fsp3) is 0.600. The number of hydrogen-bond donors (Lipinski definition) is 2. The second-order valence-corrected chi connectivity index (χ2v) is 8.89. The van der Waals surface area contributed by atoms with Crippen molar-refractivity contribution in [1.29, 1.82) is 0 Å². The van der Waals surface area contributed by atoms with Crippen LogP contribution in [-0.4, -0.2) is 43.0 Å². The minimum atomic E-state index is -0.0929. The van der Waals surface area contributed by atoms with Crippen LogP contribution in [0.1, 0.15) is 49.4 Å². The highest BCUT2D eigenvalue weighted by atomic mass is 16.2. The molecule has 0 aromatic carbocycles. The van der Waals surface area contributed by atoms with Gasteiger partial charge in [0, 0.05) is 37.9 Å². The quantitative estimate of drug-likeness (QED) is 0.836. The Labute approximate surface area is 163 Å². The lowest BCUT2D eigenvalue weighted by atomic mass is 9.51. The topological polar surface area (TPSA) is 93.8 Å². The maximum Gasteiger partial charge on any atom is 0.256 e. The largest absolute Gasteiger partial charge is 0.351 e. The van der Waals surface area contributed by atoms with Crippen molar-refractivity contribution in [2.45, 2.75) is 50.6 Å². The SMILES string of the molecule is CC(=O)NC12CC3C[C@H](C1)C(NC(=O)c1cnn(C)c1-n1cccn1)[C@@H](C3)C2. The first-order chi connectivity index (χ1) is 13.4. The second-order valence-electron chi connectivity index (χ2n) is 8.89. The summed E-state index contributed by atoms with van der Waals surface area (Å²) in [6, 6.07) is 1.99. The van der Waals surface area contributed by atoms with Crippen molar-refractivity contribution < 1.29 is 9.59 Å². The molecule has 8 heteroatoms. The number of aryl methyl sites for hydroxylation is 1. The maximum absolute atomic E-state index is 13.1. The molecule has 4 fully saturated rings. The molecule has 0 saturated heterocycles. The minimum absolute atomic E-state index is 0.0572. The van der Waals surface area contributed by atoms with E-state index in [0.29, 0.717) is 29.1 Å². The van der Waals surface area contributed by atoms with Crippen molar-refractivity contribution in [3.05, 3.63) is 30.2 Å². The predicted molar refractivity (Wildman–Crippen MR) is 102 cm³/mol. The van der Waals surface area contributed by atoms with Crippen molar-refractivity contribution in [2.24, 2.45) is 24.8 Å². The number of aromatic nitrogens is 4. The Balaban J connectivity index is 1.37. The third-order valence-electron chi connectivity index (χ3n) is 6.89. The van der Waals surface area contributed by atoms with E-state index in [0.717, 1.165) is 32.1 Å². The summed E-state index contributed by atoms with van der Waals surface area (Å²) in [4.78, 5) is 24.9. The summed E-state index contributed by atoms with van der Waals surface area (Å²) in [5.74, 6) is 2.14. The van der Waals surface area contributed by atoms with E-state index in [4.69, 9.17) is 0 Å². The fourth-order valence-corrected chi connectivity index (χ4v) is 6.27. The minimum Gasteiger partial charge on any atom is -0.351 e. The van der Waals surface area contributed by atoms with Crippen LogP contribution in [0.4, 0.5) is 0 Å². The second kappa shape index (κ2) is 6.18. The molecule has 3 unspecified atom stereocenters. The number of nitrogens with one attached hydrogen (secondary N) is 2. The molecule has 4 aliphatic rings. The van der Waals surface area contributed by atoms with Crippen LogP contribution in [0.15, 0.2) is 24.7 Å². The van der Waals surface area contributed by atoms with Gasteiger partial charge < -0.3 is 10.6 Å². The Bertz CT molecular complexity index is 901. The molecule has 2 aromatic heterocycles. The van der Waals surface area contributed by atoms with Gasteiger partial charge in [-0.15, -0.1) is 0 Å². The molecule has 4 saturated carbocycles. The van der Waals surface area contributed by atoms with Gasteiger partial charge in [-0.05, 0) is 55.9 Å². The van der Waals surface area contributed by atoms with Gasteiger partial charge in [0.2, 0.25) is 5.91 Å². The van der Waals surface area contributed by atoms with Gasteiger partial charge in [-0.25, -0.2) is 4.68 Å². The molecule has 2 aromatic rings. The highest BCUT2D eigenvalue weighted by Gasteiger charge is 2.56. The van der Waals surface area contributed by atoms with Crippen molar-refractivity contribution in [2.75, 3.05) is 0 Å². The van der Waals surface area contributed by atoms with Crippen LogP contribution in [0.3, 0.4) is 0 Å². The van der Waals surface area contributed by atoms with Crippen LogP contribution in [0.25, 0.3) is 5.82 Å². The Morgan fingerprint density at radius 2 is 1.93 bits per heavy atom. The molecule has 0 aliphatic heterocycles. The van der Waals surface area contributed by atoms with E-state index < -0.39 is 0 Å². The standard InChI is InChI=1S/C20H26N6O2/c1-12(27)24-20-8-13-6-14(9-20)17(15(7-13)10-20)23-18(28)16-11-22-25(2)19(16)26-5-3-4-21-26/h3-5,11,13-15,17H,6-10H2,1-2H3,(H,23,28)(H,24,27)/t13?,14-,15+,17?,20?.